The van der Waals surface area contributed by atoms with Crippen molar-refractivity contribution in [1.82, 2.24) is 0 Å². The van der Waals surface area contributed by atoms with E-state index in [1.54, 1.807) is 0 Å². The molecular formula is C14H16S. The Labute approximate surface area is 96.1 Å². The van der Waals surface area contributed by atoms with Gasteiger partial charge in [-0.3, -0.25) is 0 Å². The van der Waals surface area contributed by atoms with Crippen LogP contribution in [0.5, 0.6) is 0 Å². The number of hydrogen-bond acceptors (Lipinski definition) is 1. The van der Waals surface area contributed by atoms with E-state index in [9.17, 15) is 0 Å². The largest absolute Gasteiger partial charge is 0.129 e. The third-order valence-electron chi connectivity index (χ3n) is 2.71. The summed E-state index contributed by atoms with van der Waals surface area (Å²) in [7, 11) is 0. The molecule has 0 atom stereocenters. The van der Waals surface area contributed by atoms with Crippen molar-refractivity contribution in [1.29, 1.82) is 0 Å². The lowest BCUT2D eigenvalue weighted by atomic mass is 9.96. The lowest BCUT2D eigenvalue weighted by molar-refractivity contribution is 1.05. The topological polar surface area (TPSA) is 0 Å². The van der Waals surface area contributed by atoms with E-state index in [2.05, 4.69) is 49.6 Å². The lowest BCUT2D eigenvalue weighted by Gasteiger charge is -2.13. The van der Waals surface area contributed by atoms with Crippen molar-refractivity contribution in [2.24, 2.45) is 0 Å². The Bertz CT molecular complexity index is 413. The second-order valence-corrected chi connectivity index (χ2v) is 4.71. The highest BCUT2D eigenvalue weighted by molar-refractivity contribution is 7.98. The first-order valence-electron chi connectivity index (χ1n) is 5.32. The van der Waals surface area contributed by atoms with Crippen LogP contribution in [-0.4, -0.2) is 6.26 Å². The zero-order valence-electron chi connectivity index (χ0n) is 9.29. The lowest BCUT2D eigenvalue weighted by Crippen LogP contribution is -1.91. The fourth-order valence-corrected chi connectivity index (χ4v) is 2.51. The van der Waals surface area contributed by atoms with E-state index in [0.29, 0.717) is 0 Å². The average Bonchev–Trinajstić information content (AvgIpc) is 2.30. The first-order valence-corrected chi connectivity index (χ1v) is 6.54. The summed E-state index contributed by atoms with van der Waals surface area (Å²) in [6, 6.07) is 6.72. The Hall–Kier alpha value is -0.950. The van der Waals surface area contributed by atoms with E-state index < -0.39 is 0 Å². The molecule has 0 bridgehead atoms. The molecule has 0 fully saturated rings. The minimum absolute atomic E-state index is 1.17. The van der Waals surface area contributed by atoms with E-state index in [1.807, 2.05) is 11.8 Å². The number of rotatable bonds is 2. The first kappa shape index (κ1) is 10.6. The molecule has 1 aliphatic carbocycles. The van der Waals surface area contributed by atoms with Crippen LogP contribution in [0, 0.1) is 6.92 Å². The van der Waals surface area contributed by atoms with Gasteiger partial charge in [0.15, 0.2) is 0 Å². The minimum Gasteiger partial charge on any atom is -0.129 e. The molecule has 0 spiro atoms. The molecule has 0 nitrogen and oxygen atoms in total. The van der Waals surface area contributed by atoms with Crippen molar-refractivity contribution in [2.45, 2.75) is 24.7 Å². The van der Waals surface area contributed by atoms with Crippen LogP contribution in [0.4, 0.5) is 0 Å². The first-order chi connectivity index (χ1) is 7.31. The van der Waals surface area contributed by atoms with Crippen LogP contribution >= 0.6 is 11.8 Å². The zero-order valence-corrected chi connectivity index (χ0v) is 10.1. The average molecular weight is 216 g/mol. The van der Waals surface area contributed by atoms with Gasteiger partial charge in [0.1, 0.15) is 0 Å². The van der Waals surface area contributed by atoms with Gasteiger partial charge < -0.3 is 0 Å². The Kier molecular flexibility index (Phi) is 3.32. The summed E-state index contributed by atoms with van der Waals surface area (Å²) in [6.07, 6.45) is 11.1. The SMILES string of the molecule is CSc1ccc(C)cc1C1=CC=CCC1. The maximum atomic E-state index is 2.30. The normalized spacial score (nSPS) is 15.2. The van der Waals surface area contributed by atoms with Crippen LogP contribution in [-0.2, 0) is 0 Å². The second-order valence-electron chi connectivity index (χ2n) is 3.86. The second kappa shape index (κ2) is 4.71. The molecular weight excluding hydrogens is 200 g/mol. The molecule has 0 N–H and O–H groups in total. The highest BCUT2D eigenvalue weighted by Gasteiger charge is 2.08. The molecule has 1 aromatic rings. The van der Waals surface area contributed by atoms with Crippen molar-refractivity contribution in [3.8, 4) is 0 Å². The van der Waals surface area contributed by atoms with Gasteiger partial charge in [-0.05, 0) is 43.2 Å². The fourth-order valence-electron chi connectivity index (χ4n) is 1.90. The van der Waals surface area contributed by atoms with Crippen LogP contribution in [0.3, 0.4) is 0 Å². The molecule has 0 unspecified atom stereocenters. The molecule has 0 saturated heterocycles. The van der Waals surface area contributed by atoms with Gasteiger partial charge in [0.2, 0.25) is 0 Å². The molecule has 1 aliphatic rings. The molecule has 0 radical (unpaired) electrons. The van der Waals surface area contributed by atoms with Gasteiger partial charge in [0.05, 0.1) is 0 Å². The summed E-state index contributed by atoms with van der Waals surface area (Å²) >= 11 is 1.83. The van der Waals surface area contributed by atoms with Crippen molar-refractivity contribution >= 4 is 17.3 Å². The van der Waals surface area contributed by atoms with E-state index in [-0.39, 0.29) is 0 Å². The summed E-state index contributed by atoms with van der Waals surface area (Å²) in [6.45, 7) is 2.16. The predicted octanol–water partition coefficient (Wildman–Crippen LogP) is 4.45. The van der Waals surface area contributed by atoms with Crippen molar-refractivity contribution < 1.29 is 0 Å². The highest BCUT2D eigenvalue weighted by atomic mass is 32.2. The quantitative estimate of drug-likeness (QED) is 0.658. The van der Waals surface area contributed by atoms with E-state index in [0.717, 1.165) is 0 Å². The summed E-state index contributed by atoms with van der Waals surface area (Å²) in [5.74, 6) is 0. The summed E-state index contributed by atoms with van der Waals surface area (Å²) in [5.41, 5.74) is 4.25. The van der Waals surface area contributed by atoms with Crippen LogP contribution in [0.1, 0.15) is 24.0 Å². The molecule has 0 aliphatic heterocycles. The summed E-state index contributed by atoms with van der Waals surface area (Å²) in [5, 5.41) is 0. The molecule has 0 aromatic heterocycles. The Morgan fingerprint density at radius 2 is 2.13 bits per heavy atom. The van der Waals surface area contributed by atoms with E-state index in [4.69, 9.17) is 0 Å². The van der Waals surface area contributed by atoms with Gasteiger partial charge in [0.25, 0.3) is 0 Å². The van der Waals surface area contributed by atoms with Crippen molar-refractivity contribution in [3.63, 3.8) is 0 Å². The molecule has 15 heavy (non-hydrogen) atoms. The van der Waals surface area contributed by atoms with Crippen LogP contribution in [0.2, 0.25) is 0 Å². The van der Waals surface area contributed by atoms with Gasteiger partial charge in [-0.15, -0.1) is 11.8 Å². The smallest absolute Gasteiger partial charge is 0.0145 e. The van der Waals surface area contributed by atoms with Crippen LogP contribution < -0.4 is 0 Å². The number of benzene rings is 1. The molecule has 1 heteroatoms. The van der Waals surface area contributed by atoms with Crippen molar-refractivity contribution in [3.05, 3.63) is 47.6 Å². The Morgan fingerprint density at radius 1 is 1.27 bits per heavy atom. The van der Waals surface area contributed by atoms with E-state index in [1.165, 1.54) is 34.4 Å². The van der Waals surface area contributed by atoms with Gasteiger partial charge in [-0.2, -0.15) is 0 Å². The maximum absolute atomic E-state index is 2.30. The zero-order chi connectivity index (χ0) is 10.7. The summed E-state index contributed by atoms with van der Waals surface area (Å²) < 4.78 is 0. The van der Waals surface area contributed by atoms with Gasteiger partial charge in [0, 0.05) is 4.90 Å². The van der Waals surface area contributed by atoms with Gasteiger partial charge in [-0.1, -0.05) is 35.9 Å². The number of aryl methyl sites for hydroxylation is 1. The van der Waals surface area contributed by atoms with Gasteiger partial charge >= 0.3 is 0 Å². The maximum Gasteiger partial charge on any atom is 0.0145 e. The summed E-state index contributed by atoms with van der Waals surface area (Å²) in [4.78, 5) is 1.39. The number of thioether (sulfide) groups is 1. The Balaban J connectivity index is 2.45. The molecule has 1 aromatic carbocycles. The fraction of sp³-hybridized carbons (Fsp3) is 0.286. The van der Waals surface area contributed by atoms with Crippen LogP contribution in [0.25, 0.3) is 5.57 Å². The number of hydrogen-bond donors (Lipinski definition) is 0. The molecule has 0 saturated carbocycles. The molecule has 0 heterocycles. The molecule has 78 valence electrons. The minimum atomic E-state index is 1.17. The van der Waals surface area contributed by atoms with Crippen LogP contribution in [0.15, 0.2) is 41.3 Å². The Morgan fingerprint density at radius 3 is 2.80 bits per heavy atom. The molecule has 0 amide bonds. The number of allylic oxidation sites excluding steroid dienone is 4. The third kappa shape index (κ3) is 2.35. The third-order valence-corrected chi connectivity index (χ3v) is 3.51. The highest BCUT2D eigenvalue weighted by Crippen LogP contribution is 2.31. The predicted molar refractivity (Wildman–Crippen MR) is 69.3 cm³/mol. The molecule has 2 rings (SSSR count). The van der Waals surface area contributed by atoms with Crippen molar-refractivity contribution in [2.75, 3.05) is 6.26 Å². The monoisotopic (exact) mass is 216 g/mol. The van der Waals surface area contributed by atoms with Gasteiger partial charge in [-0.25, -0.2) is 0 Å². The standard InChI is InChI=1S/C14H16S/c1-11-8-9-14(15-2)13(10-11)12-6-4-3-5-7-12/h3-4,6,8-10H,5,7H2,1-2H3. The van der Waals surface area contributed by atoms with E-state index >= 15 is 0 Å².